The Hall–Kier alpha value is -3.60. The van der Waals surface area contributed by atoms with Gasteiger partial charge >= 0.3 is 5.97 Å². The Morgan fingerprint density at radius 2 is 1.30 bits per heavy atom. The van der Waals surface area contributed by atoms with Gasteiger partial charge in [-0.2, -0.15) is 0 Å². The predicted molar refractivity (Wildman–Crippen MR) is 153 cm³/mol. The van der Waals surface area contributed by atoms with Crippen LogP contribution in [0.15, 0.2) is 72.8 Å². The van der Waals surface area contributed by atoms with Crippen molar-refractivity contribution in [2.75, 3.05) is 16.8 Å². The van der Waals surface area contributed by atoms with Crippen molar-refractivity contribution < 1.29 is 14.3 Å². The van der Waals surface area contributed by atoms with Gasteiger partial charge in [0.25, 0.3) is 5.91 Å². The van der Waals surface area contributed by atoms with Gasteiger partial charge in [0.05, 0.1) is 5.56 Å². The molecule has 37 heavy (non-hydrogen) atoms. The molecule has 1 N–H and O–H groups in total. The third-order valence-electron chi connectivity index (χ3n) is 6.22. The number of ether oxygens (including phenoxy) is 1. The molecule has 1 amide bonds. The molecule has 0 aromatic heterocycles. The topological polar surface area (TPSA) is 58.6 Å². The van der Waals surface area contributed by atoms with Crippen LogP contribution in [-0.2, 0) is 20.4 Å². The monoisotopic (exact) mass is 500 g/mol. The Bertz CT molecular complexity index is 1190. The minimum atomic E-state index is -0.502. The van der Waals surface area contributed by atoms with Gasteiger partial charge in [-0.15, -0.1) is 0 Å². The van der Waals surface area contributed by atoms with Crippen LogP contribution in [-0.4, -0.2) is 24.5 Å². The number of esters is 1. The van der Waals surface area contributed by atoms with Crippen molar-refractivity contribution in [1.29, 1.82) is 0 Å². The number of para-hydroxylation sites is 1. The Kier molecular flexibility index (Phi) is 8.47. The third-order valence-corrected chi connectivity index (χ3v) is 6.22. The van der Waals surface area contributed by atoms with Crippen molar-refractivity contribution in [3.63, 3.8) is 0 Å². The average Bonchev–Trinajstić information content (AvgIpc) is 2.83. The lowest BCUT2D eigenvalue weighted by Gasteiger charge is -2.29. The van der Waals surface area contributed by atoms with Crippen LogP contribution in [0.3, 0.4) is 0 Å². The van der Waals surface area contributed by atoms with Gasteiger partial charge in [-0.25, -0.2) is 4.79 Å². The number of rotatable bonds is 7. The van der Waals surface area contributed by atoms with E-state index in [1.165, 1.54) is 0 Å². The molecular formula is C32H40N2O3. The summed E-state index contributed by atoms with van der Waals surface area (Å²) in [5, 5.41) is 2.82. The summed E-state index contributed by atoms with van der Waals surface area (Å²) in [6.07, 6.45) is 0. The minimum absolute atomic E-state index is 0.120. The smallest absolute Gasteiger partial charge is 0.338 e. The van der Waals surface area contributed by atoms with Gasteiger partial charge in [0.15, 0.2) is 6.61 Å². The lowest BCUT2D eigenvalue weighted by atomic mass is 9.79. The molecule has 0 radical (unpaired) electrons. The van der Waals surface area contributed by atoms with Gasteiger partial charge in [0.1, 0.15) is 0 Å². The van der Waals surface area contributed by atoms with Crippen molar-refractivity contribution in [2.24, 2.45) is 0 Å². The van der Waals surface area contributed by atoms with E-state index in [0.29, 0.717) is 11.3 Å². The second-order valence-electron chi connectivity index (χ2n) is 11.8. The standard InChI is InChI=1S/C32H40N2O3/c1-22(2)34(27-12-10-9-11-13-27)28-16-14-26(15-17-28)33-29(35)21-37-30(36)23-18-24(31(3,4)5)20-25(19-23)32(6,7)8/h9-20,22H,21H2,1-8H3,(H,33,35). The molecule has 0 saturated heterocycles. The molecule has 5 heteroatoms. The van der Waals surface area contributed by atoms with Crippen LogP contribution in [0.5, 0.6) is 0 Å². The average molecular weight is 501 g/mol. The third kappa shape index (κ3) is 7.45. The highest BCUT2D eigenvalue weighted by atomic mass is 16.5. The van der Waals surface area contributed by atoms with E-state index in [4.69, 9.17) is 4.74 Å². The first kappa shape index (κ1) is 28.0. The molecule has 0 fully saturated rings. The van der Waals surface area contributed by atoms with Gasteiger partial charge in [0.2, 0.25) is 0 Å². The van der Waals surface area contributed by atoms with Crippen LogP contribution in [0, 0.1) is 0 Å². The Morgan fingerprint density at radius 3 is 1.78 bits per heavy atom. The molecule has 0 unspecified atom stereocenters. The van der Waals surface area contributed by atoms with E-state index in [1.54, 1.807) is 0 Å². The molecular weight excluding hydrogens is 460 g/mol. The molecule has 0 heterocycles. The van der Waals surface area contributed by atoms with Crippen molar-refractivity contribution in [1.82, 2.24) is 0 Å². The van der Waals surface area contributed by atoms with Crippen LogP contribution in [0.25, 0.3) is 0 Å². The number of nitrogens with zero attached hydrogens (tertiary/aromatic N) is 1. The Morgan fingerprint density at radius 1 is 0.784 bits per heavy atom. The van der Waals surface area contributed by atoms with Gasteiger partial charge in [0, 0.05) is 23.1 Å². The lowest BCUT2D eigenvalue weighted by Crippen LogP contribution is -2.25. The number of carbonyl (C=O) groups is 2. The molecule has 0 bridgehead atoms. The maximum Gasteiger partial charge on any atom is 0.338 e. The molecule has 0 aliphatic carbocycles. The summed E-state index contributed by atoms with van der Waals surface area (Å²) in [5.41, 5.74) is 5.11. The Balaban J connectivity index is 1.66. The maximum absolute atomic E-state index is 12.9. The van der Waals surface area contributed by atoms with E-state index >= 15 is 0 Å². The Labute approximate surface area is 221 Å². The number of benzene rings is 3. The van der Waals surface area contributed by atoms with E-state index in [2.05, 4.69) is 83.8 Å². The van der Waals surface area contributed by atoms with Crippen molar-refractivity contribution >= 4 is 28.9 Å². The summed E-state index contributed by atoms with van der Waals surface area (Å²) >= 11 is 0. The number of carbonyl (C=O) groups excluding carboxylic acids is 2. The van der Waals surface area contributed by atoms with E-state index in [1.807, 2.05) is 54.6 Å². The van der Waals surface area contributed by atoms with Crippen LogP contribution in [0.2, 0.25) is 0 Å². The second kappa shape index (κ2) is 11.2. The first-order valence-electron chi connectivity index (χ1n) is 12.8. The van der Waals surface area contributed by atoms with Crippen molar-refractivity contribution in [3.05, 3.63) is 89.5 Å². The number of anilines is 3. The quantitative estimate of drug-likeness (QED) is 0.339. The highest BCUT2D eigenvalue weighted by molar-refractivity contribution is 5.95. The fourth-order valence-electron chi connectivity index (χ4n) is 4.06. The molecule has 0 aliphatic heterocycles. The molecule has 0 spiro atoms. The fourth-order valence-corrected chi connectivity index (χ4v) is 4.06. The van der Waals surface area contributed by atoms with Crippen molar-refractivity contribution in [2.45, 2.75) is 72.3 Å². The summed E-state index contributed by atoms with van der Waals surface area (Å²) in [6.45, 7) is 16.6. The van der Waals surface area contributed by atoms with E-state index < -0.39 is 5.97 Å². The van der Waals surface area contributed by atoms with Gasteiger partial charge in [-0.05, 0) is 84.3 Å². The lowest BCUT2D eigenvalue weighted by molar-refractivity contribution is -0.119. The SMILES string of the molecule is CC(C)N(c1ccccc1)c1ccc(NC(=O)COC(=O)c2cc(C(C)(C)C)cc(C(C)(C)C)c2)cc1. The van der Waals surface area contributed by atoms with Gasteiger partial charge in [-0.3, -0.25) is 4.79 Å². The normalized spacial score (nSPS) is 11.8. The largest absolute Gasteiger partial charge is 0.452 e. The summed E-state index contributed by atoms with van der Waals surface area (Å²) < 4.78 is 5.39. The summed E-state index contributed by atoms with van der Waals surface area (Å²) in [7, 11) is 0. The van der Waals surface area contributed by atoms with Crippen molar-refractivity contribution in [3.8, 4) is 0 Å². The molecule has 0 atom stereocenters. The molecule has 5 nitrogen and oxygen atoms in total. The van der Waals surface area contributed by atoms with Crippen LogP contribution in [0.1, 0.15) is 76.9 Å². The molecule has 3 rings (SSSR count). The molecule has 3 aromatic carbocycles. The van der Waals surface area contributed by atoms with Crippen LogP contribution in [0.4, 0.5) is 17.1 Å². The zero-order chi connectivity index (χ0) is 27.4. The molecule has 196 valence electrons. The number of nitrogens with one attached hydrogen (secondary N) is 1. The highest BCUT2D eigenvalue weighted by Crippen LogP contribution is 2.31. The minimum Gasteiger partial charge on any atom is -0.452 e. The summed E-state index contributed by atoms with van der Waals surface area (Å²) in [5.74, 6) is -0.884. The van der Waals surface area contributed by atoms with E-state index in [9.17, 15) is 9.59 Å². The zero-order valence-corrected chi connectivity index (χ0v) is 23.4. The van der Waals surface area contributed by atoms with E-state index in [0.717, 1.165) is 22.5 Å². The fraction of sp³-hybridized carbons (Fsp3) is 0.375. The predicted octanol–water partition coefficient (Wildman–Crippen LogP) is 7.62. The number of hydrogen-bond donors (Lipinski definition) is 1. The summed E-state index contributed by atoms with van der Waals surface area (Å²) in [6, 6.07) is 24.0. The zero-order valence-electron chi connectivity index (χ0n) is 23.4. The van der Waals surface area contributed by atoms with E-state index in [-0.39, 0.29) is 29.4 Å². The first-order valence-corrected chi connectivity index (χ1v) is 12.8. The number of hydrogen-bond acceptors (Lipinski definition) is 4. The highest BCUT2D eigenvalue weighted by Gasteiger charge is 2.23. The number of amides is 1. The van der Waals surface area contributed by atoms with Crippen LogP contribution >= 0.6 is 0 Å². The molecule has 0 aliphatic rings. The van der Waals surface area contributed by atoms with Gasteiger partial charge in [-0.1, -0.05) is 65.8 Å². The molecule has 0 saturated carbocycles. The second-order valence-corrected chi connectivity index (χ2v) is 11.8. The van der Waals surface area contributed by atoms with Gasteiger partial charge < -0.3 is 15.0 Å². The summed E-state index contributed by atoms with van der Waals surface area (Å²) in [4.78, 5) is 27.6. The maximum atomic E-state index is 12.9. The van der Waals surface area contributed by atoms with Crippen LogP contribution < -0.4 is 10.2 Å². The molecule has 3 aromatic rings. The first-order chi connectivity index (χ1) is 17.3.